The van der Waals surface area contributed by atoms with Gasteiger partial charge in [-0.15, -0.1) is 0 Å². The van der Waals surface area contributed by atoms with Crippen molar-refractivity contribution in [3.8, 4) is 0 Å². The van der Waals surface area contributed by atoms with Gasteiger partial charge in [0, 0.05) is 0 Å². The van der Waals surface area contributed by atoms with Gasteiger partial charge in [0.25, 0.3) is 0 Å². The zero-order chi connectivity index (χ0) is 10.3. The van der Waals surface area contributed by atoms with Crippen molar-refractivity contribution in [1.29, 1.82) is 0 Å². The first-order chi connectivity index (χ1) is 5.29. The molecule has 0 aliphatic carbocycles. The molecule has 0 amide bonds. The van der Waals surface area contributed by atoms with Gasteiger partial charge in [0.15, 0.2) is 0 Å². The van der Waals surface area contributed by atoms with E-state index in [1.165, 1.54) is 13.8 Å². The third-order valence-corrected chi connectivity index (χ3v) is 0.715. The Morgan fingerprint density at radius 1 is 0.867 bits per heavy atom. The fraction of sp³-hybridized carbons (Fsp3) is 0.667. The quantitative estimate of drug-likeness (QED) is 0.436. The summed E-state index contributed by atoms with van der Waals surface area (Å²) in [5.74, 6) is -2.37. The first kappa shape index (κ1) is 29.3. The van der Waals surface area contributed by atoms with Gasteiger partial charge in [-0.3, -0.25) is 0 Å². The maximum Gasteiger partial charge on any atom is 2.00 e. The normalized spacial score (nSPS) is 10.9. The Bertz CT molecular complexity index is 139. The number of aliphatic hydroxyl groups is 2. The van der Waals surface area contributed by atoms with Gasteiger partial charge in [-0.25, -0.2) is 9.59 Å². The fourth-order valence-corrected chi connectivity index (χ4v) is 0. The Labute approximate surface area is 101 Å². The second-order valence-corrected chi connectivity index (χ2v) is 2.03. The number of carboxylic acid groups (broad SMARTS) is 2. The summed E-state index contributed by atoms with van der Waals surface area (Å²) in [6, 6.07) is 0. The van der Waals surface area contributed by atoms with Gasteiger partial charge < -0.3 is 31.4 Å². The molecule has 15 heavy (non-hydrogen) atoms. The number of hydrogen-bond acceptors (Lipinski definition) is 6. The SMILES string of the molecule is CC(O)C(=O)O.CC(O)C(=O)O.[OH-].[OH-].[Ti+2]. The van der Waals surface area contributed by atoms with Crippen molar-refractivity contribution < 1.29 is 62.7 Å². The van der Waals surface area contributed by atoms with Crippen molar-refractivity contribution >= 4 is 11.9 Å². The summed E-state index contributed by atoms with van der Waals surface area (Å²) in [7, 11) is 0. The molecule has 0 aliphatic rings. The van der Waals surface area contributed by atoms with Gasteiger partial charge >= 0.3 is 33.7 Å². The third-order valence-electron chi connectivity index (χ3n) is 0.715. The van der Waals surface area contributed by atoms with E-state index in [-0.39, 0.29) is 32.7 Å². The van der Waals surface area contributed by atoms with Crippen molar-refractivity contribution in [3.63, 3.8) is 0 Å². The number of carboxylic acids is 2. The number of hydrogen-bond donors (Lipinski definition) is 4. The van der Waals surface area contributed by atoms with Crippen LogP contribution >= 0.6 is 0 Å². The zero-order valence-electron chi connectivity index (χ0n) is 8.15. The molecule has 0 aromatic carbocycles. The van der Waals surface area contributed by atoms with Crippen molar-refractivity contribution in [1.82, 2.24) is 0 Å². The molecule has 2 unspecified atom stereocenters. The van der Waals surface area contributed by atoms with E-state index < -0.39 is 24.1 Å². The van der Waals surface area contributed by atoms with Gasteiger partial charge in [-0.2, -0.15) is 0 Å². The molecule has 0 aliphatic heterocycles. The van der Waals surface area contributed by atoms with Crippen molar-refractivity contribution in [2.45, 2.75) is 26.1 Å². The third kappa shape index (κ3) is 31.7. The molecular formula is C6H14O8Ti. The van der Waals surface area contributed by atoms with E-state index in [0.717, 1.165) is 0 Å². The van der Waals surface area contributed by atoms with Crippen LogP contribution in [0.3, 0.4) is 0 Å². The van der Waals surface area contributed by atoms with Crippen LogP contribution in [-0.2, 0) is 31.3 Å². The molecule has 0 saturated carbocycles. The molecule has 2 atom stereocenters. The summed E-state index contributed by atoms with van der Waals surface area (Å²) in [5.41, 5.74) is 0. The van der Waals surface area contributed by atoms with Crippen LogP contribution in [0, 0.1) is 0 Å². The van der Waals surface area contributed by atoms with Gasteiger partial charge in [0.05, 0.1) is 0 Å². The molecule has 0 saturated heterocycles. The molecule has 9 heteroatoms. The van der Waals surface area contributed by atoms with Crippen LogP contribution in [0.25, 0.3) is 0 Å². The summed E-state index contributed by atoms with van der Waals surface area (Å²) in [6.45, 7) is 2.39. The second-order valence-electron chi connectivity index (χ2n) is 2.03. The van der Waals surface area contributed by atoms with Crippen molar-refractivity contribution in [2.24, 2.45) is 0 Å². The van der Waals surface area contributed by atoms with Crippen LogP contribution in [-0.4, -0.2) is 55.5 Å². The molecule has 0 rings (SSSR count). The Hall–Kier alpha value is -0.506. The molecular weight excluding hydrogens is 248 g/mol. The minimum Gasteiger partial charge on any atom is -0.870 e. The molecule has 6 N–H and O–H groups in total. The second kappa shape index (κ2) is 15.9. The molecule has 0 aromatic heterocycles. The molecule has 0 fully saturated rings. The molecule has 0 radical (unpaired) electrons. The largest absolute Gasteiger partial charge is 2.00 e. The van der Waals surface area contributed by atoms with E-state index in [9.17, 15) is 9.59 Å². The van der Waals surface area contributed by atoms with E-state index >= 15 is 0 Å². The van der Waals surface area contributed by atoms with Crippen LogP contribution in [0.2, 0.25) is 0 Å². The zero-order valence-corrected chi connectivity index (χ0v) is 9.72. The van der Waals surface area contributed by atoms with Crippen molar-refractivity contribution in [3.05, 3.63) is 0 Å². The minimum absolute atomic E-state index is 0. The van der Waals surface area contributed by atoms with E-state index in [2.05, 4.69) is 0 Å². The van der Waals surface area contributed by atoms with Gasteiger partial charge in [-0.05, 0) is 13.8 Å². The Balaban J connectivity index is -0.0000000370. The van der Waals surface area contributed by atoms with E-state index in [4.69, 9.17) is 20.4 Å². The first-order valence-corrected chi connectivity index (χ1v) is 3.10. The molecule has 0 spiro atoms. The standard InChI is InChI=1S/2C3H6O3.2H2O.Ti/c2*1-2(4)3(5)6;;;/h2*2,4H,1H3,(H,5,6);2*1H2;/q;;;;+2/p-2. The summed E-state index contributed by atoms with van der Waals surface area (Å²) < 4.78 is 0. The van der Waals surface area contributed by atoms with E-state index in [0.29, 0.717) is 0 Å². The molecule has 0 aromatic rings. The van der Waals surface area contributed by atoms with Crippen LogP contribution < -0.4 is 0 Å². The smallest absolute Gasteiger partial charge is 0.870 e. The predicted octanol–water partition coefficient (Wildman–Crippen LogP) is -1.45. The van der Waals surface area contributed by atoms with Crippen LogP contribution in [0.4, 0.5) is 0 Å². The van der Waals surface area contributed by atoms with Gasteiger partial charge in [-0.1, -0.05) is 0 Å². The van der Waals surface area contributed by atoms with Crippen LogP contribution in [0.5, 0.6) is 0 Å². The summed E-state index contributed by atoms with van der Waals surface area (Å²) in [5, 5.41) is 31.5. The molecule has 0 heterocycles. The minimum atomic E-state index is -1.23. The number of aliphatic carboxylic acids is 2. The average Bonchev–Trinajstić information content (AvgIpc) is 1.88. The number of aliphatic hydroxyl groups excluding tert-OH is 2. The predicted molar refractivity (Wildman–Crippen MR) is 42.5 cm³/mol. The van der Waals surface area contributed by atoms with Crippen LogP contribution in [0.1, 0.15) is 13.8 Å². The van der Waals surface area contributed by atoms with E-state index in [1.54, 1.807) is 0 Å². The Morgan fingerprint density at radius 2 is 0.933 bits per heavy atom. The maximum atomic E-state index is 9.45. The first-order valence-electron chi connectivity index (χ1n) is 3.10. The van der Waals surface area contributed by atoms with E-state index in [1.807, 2.05) is 0 Å². The topological polar surface area (TPSA) is 175 Å². The Morgan fingerprint density at radius 3 is 0.933 bits per heavy atom. The number of carbonyl (C=O) groups is 2. The van der Waals surface area contributed by atoms with Gasteiger partial charge in [0.1, 0.15) is 12.2 Å². The number of rotatable bonds is 2. The molecule has 0 bridgehead atoms. The summed E-state index contributed by atoms with van der Waals surface area (Å²) >= 11 is 0. The monoisotopic (exact) mass is 262 g/mol. The molecule has 8 nitrogen and oxygen atoms in total. The maximum absolute atomic E-state index is 9.45. The van der Waals surface area contributed by atoms with Gasteiger partial charge in [0.2, 0.25) is 0 Å². The van der Waals surface area contributed by atoms with Crippen LogP contribution in [0.15, 0.2) is 0 Å². The summed E-state index contributed by atoms with van der Waals surface area (Å²) in [6.07, 6.45) is -2.46. The molecule has 90 valence electrons. The fourth-order valence-electron chi connectivity index (χ4n) is 0. The van der Waals surface area contributed by atoms with Crippen molar-refractivity contribution in [2.75, 3.05) is 0 Å². The Kier molecular flexibility index (Phi) is 31.1. The average molecular weight is 262 g/mol. The summed E-state index contributed by atoms with van der Waals surface area (Å²) in [4.78, 5) is 18.9.